The first-order chi connectivity index (χ1) is 12.7. The Morgan fingerprint density at radius 1 is 1.00 bits per heavy atom. The van der Waals surface area contributed by atoms with E-state index in [2.05, 4.69) is 34.5 Å². The van der Waals surface area contributed by atoms with Crippen molar-refractivity contribution in [2.24, 2.45) is 0 Å². The van der Waals surface area contributed by atoms with Gasteiger partial charge in [0.2, 0.25) is 5.91 Å². The van der Waals surface area contributed by atoms with Crippen molar-refractivity contribution in [1.82, 2.24) is 0 Å². The maximum atomic E-state index is 12.8. The third kappa shape index (κ3) is 3.41. The molecule has 2 aliphatic rings. The maximum absolute atomic E-state index is 12.8. The third-order valence-electron chi connectivity index (χ3n) is 5.06. The van der Waals surface area contributed by atoms with Gasteiger partial charge in [0.25, 0.3) is 5.91 Å². The summed E-state index contributed by atoms with van der Waals surface area (Å²) in [5, 5.41) is 2.83. The molecule has 0 aliphatic carbocycles. The Morgan fingerprint density at radius 2 is 1.69 bits per heavy atom. The summed E-state index contributed by atoms with van der Waals surface area (Å²) in [5.74, 6) is -0.128. The highest BCUT2D eigenvalue weighted by atomic mass is 16.2. The Balaban J connectivity index is 1.38. The van der Waals surface area contributed by atoms with Crippen LogP contribution in [0.25, 0.3) is 0 Å². The zero-order chi connectivity index (χ0) is 17.9. The van der Waals surface area contributed by atoms with Crippen molar-refractivity contribution < 1.29 is 14.5 Å². The molecule has 134 valence electrons. The number of carbonyl (C=O) groups is 2. The van der Waals surface area contributed by atoms with Gasteiger partial charge in [-0.3, -0.25) is 14.5 Å². The summed E-state index contributed by atoms with van der Waals surface area (Å²) in [6.45, 7) is 4.22. The lowest BCUT2D eigenvalue weighted by molar-refractivity contribution is -0.892. The minimum absolute atomic E-state index is 0.00969. The SMILES string of the molecule is O=C1CN(C(=O)C[NH+]2CCN(c3ccccc3)CC2)c2ccccc2N1. The van der Waals surface area contributed by atoms with Crippen LogP contribution in [-0.2, 0) is 9.59 Å². The molecule has 0 radical (unpaired) electrons. The second kappa shape index (κ2) is 7.17. The van der Waals surface area contributed by atoms with Crippen LogP contribution in [0.2, 0.25) is 0 Å². The van der Waals surface area contributed by atoms with Crippen molar-refractivity contribution in [3.05, 3.63) is 54.6 Å². The van der Waals surface area contributed by atoms with Crippen LogP contribution in [0, 0.1) is 0 Å². The van der Waals surface area contributed by atoms with E-state index < -0.39 is 0 Å². The lowest BCUT2D eigenvalue weighted by atomic mass is 10.2. The lowest BCUT2D eigenvalue weighted by Crippen LogP contribution is -3.16. The fourth-order valence-corrected chi connectivity index (χ4v) is 3.66. The molecular formula is C20H23N4O2+. The number of hydrogen-bond acceptors (Lipinski definition) is 3. The van der Waals surface area contributed by atoms with E-state index in [9.17, 15) is 9.59 Å². The van der Waals surface area contributed by atoms with Gasteiger partial charge in [-0.1, -0.05) is 30.3 Å². The minimum Gasteiger partial charge on any atom is -0.360 e. The second-order valence-electron chi connectivity index (χ2n) is 6.79. The lowest BCUT2D eigenvalue weighted by Gasteiger charge is -2.35. The van der Waals surface area contributed by atoms with E-state index in [1.807, 2.05) is 30.3 Å². The van der Waals surface area contributed by atoms with E-state index in [1.165, 1.54) is 10.6 Å². The van der Waals surface area contributed by atoms with Gasteiger partial charge in [0, 0.05) is 5.69 Å². The van der Waals surface area contributed by atoms with Crippen molar-refractivity contribution in [3.63, 3.8) is 0 Å². The van der Waals surface area contributed by atoms with Gasteiger partial charge in [0.05, 0.1) is 37.6 Å². The Labute approximate surface area is 153 Å². The Morgan fingerprint density at radius 3 is 2.46 bits per heavy atom. The van der Waals surface area contributed by atoms with Crippen LogP contribution in [0.1, 0.15) is 0 Å². The average Bonchev–Trinajstić information content (AvgIpc) is 2.68. The Kier molecular flexibility index (Phi) is 4.58. The number of nitrogens with zero attached hydrogens (tertiary/aromatic N) is 2. The first kappa shape index (κ1) is 16.6. The first-order valence-electron chi connectivity index (χ1n) is 9.03. The van der Waals surface area contributed by atoms with Gasteiger partial charge < -0.3 is 15.1 Å². The standard InChI is InChI=1S/C20H22N4O2/c25-19-14-24(18-9-5-4-8-17(18)21-19)20(26)15-22-10-12-23(13-11-22)16-6-2-1-3-7-16/h1-9H,10-15H2,(H,21,25)/p+1. The number of carbonyl (C=O) groups excluding carboxylic acids is 2. The van der Waals surface area contributed by atoms with E-state index in [4.69, 9.17) is 0 Å². The fourth-order valence-electron chi connectivity index (χ4n) is 3.66. The molecule has 2 aromatic rings. The zero-order valence-corrected chi connectivity index (χ0v) is 14.6. The number of para-hydroxylation sites is 3. The van der Waals surface area contributed by atoms with Crippen molar-refractivity contribution in [1.29, 1.82) is 0 Å². The van der Waals surface area contributed by atoms with Crippen LogP contribution in [-0.4, -0.2) is 51.1 Å². The highest BCUT2D eigenvalue weighted by molar-refractivity contribution is 6.10. The minimum atomic E-state index is -0.138. The molecule has 1 saturated heterocycles. The smallest absolute Gasteiger partial charge is 0.282 e. The van der Waals surface area contributed by atoms with Crippen LogP contribution in [0.15, 0.2) is 54.6 Å². The van der Waals surface area contributed by atoms with Crippen molar-refractivity contribution in [3.8, 4) is 0 Å². The number of rotatable bonds is 3. The molecule has 4 rings (SSSR count). The average molecular weight is 351 g/mol. The van der Waals surface area contributed by atoms with Crippen LogP contribution in [0.4, 0.5) is 17.1 Å². The van der Waals surface area contributed by atoms with Crippen LogP contribution < -0.4 is 20.0 Å². The molecule has 2 aromatic carbocycles. The summed E-state index contributed by atoms with van der Waals surface area (Å²) in [6.07, 6.45) is 0. The molecule has 26 heavy (non-hydrogen) atoms. The van der Waals surface area contributed by atoms with Gasteiger partial charge >= 0.3 is 0 Å². The van der Waals surface area contributed by atoms with Gasteiger partial charge in [-0.15, -0.1) is 0 Å². The predicted molar refractivity (Wildman–Crippen MR) is 102 cm³/mol. The largest absolute Gasteiger partial charge is 0.360 e. The highest BCUT2D eigenvalue weighted by Gasteiger charge is 2.30. The zero-order valence-electron chi connectivity index (χ0n) is 14.6. The van der Waals surface area contributed by atoms with Crippen molar-refractivity contribution >= 4 is 28.9 Å². The number of quaternary nitrogens is 1. The molecule has 6 heteroatoms. The summed E-state index contributed by atoms with van der Waals surface area (Å²) in [4.78, 5) is 30.0. The van der Waals surface area contributed by atoms with Crippen LogP contribution in [0.5, 0.6) is 0 Å². The van der Waals surface area contributed by atoms with Crippen LogP contribution in [0.3, 0.4) is 0 Å². The molecule has 0 aromatic heterocycles. The van der Waals surface area contributed by atoms with E-state index in [-0.39, 0.29) is 18.4 Å². The fraction of sp³-hybridized carbons (Fsp3) is 0.300. The normalized spacial score (nSPS) is 17.6. The number of amides is 2. The molecule has 0 saturated carbocycles. The number of benzene rings is 2. The van der Waals surface area contributed by atoms with Gasteiger partial charge in [0.15, 0.2) is 6.54 Å². The molecule has 0 unspecified atom stereocenters. The molecule has 2 N–H and O–H groups in total. The van der Waals surface area contributed by atoms with E-state index >= 15 is 0 Å². The summed E-state index contributed by atoms with van der Waals surface area (Å²) in [7, 11) is 0. The Hall–Kier alpha value is -2.86. The molecule has 2 aliphatic heterocycles. The number of nitrogens with one attached hydrogen (secondary N) is 2. The molecule has 0 spiro atoms. The first-order valence-corrected chi connectivity index (χ1v) is 9.03. The molecule has 0 atom stereocenters. The number of hydrogen-bond donors (Lipinski definition) is 2. The third-order valence-corrected chi connectivity index (χ3v) is 5.06. The van der Waals surface area contributed by atoms with Gasteiger partial charge in [-0.05, 0) is 24.3 Å². The van der Waals surface area contributed by atoms with Crippen LogP contribution >= 0.6 is 0 Å². The monoisotopic (exact) mass is 351 g/mol. The Bertz CT molecular complexity index is 800. The summed E-state index contributed by atoms with van der Waals surface area (Å²) in [5.41, 5.74) is 2.74. The van der Waals surface area contributed by atoms with E-state index in [0.29, 0.717) is 12.2 Å². The van der Waals surface area contributed by atoms with Crippen molar-refractivity contribution in [2.75, 3.05) is 54.4 Å². The molecule has 6 nitrogen and oxygen atoms in total. The van der Waals surface area contributed by atoms with E-state index in [0.717, 1.165) is 31.9 Å². The predicted octanol–water partition coefficient (Wildman–Crippen LogP) is 0.377. The topological polar surface area (TPSA) is 57.1 Å². The molecular weight excluding hydrogens is 328 g/mol. The second-order valence-corrected chi connectivity index (χ2v) is 6.79. The highest BCUT2D eigenvalue weighted by Crippen LogP contribution is 2.28. The number of piperazine rings is 1. The van der Waals surface area contributed by atoms with Gasteiger partial charge in [0.1, 0.15) is 6.54 Å². The molecule has 1 fully saturated rings. The maximum Gasteiger partial charge on any atom is 0.282 e. The van der Waals surface area contributed by atoms with Gasteiger partial charge in [-0.25, -0.2) is 0 Å². The molecule has 2 heterocycles. The summed E-state index contributed by atoms with van der Waals surface area (Å²) in [6, 6.07) is 17.8. The molecule has 2 amide bonds. The molecule has 0 bridgehead atoms. The number of anilines is 3. The summed E-state index contributed by atoms with van der Waals surface area (Å²) < 4.78 is 0. The number of fused-ring (bicyclic) bond motifs is 1. The van der Waals surface area contributed by atoms with Crippen molar-refractivity contribution in [2.45, 2.75) is 0 Å². The summed E-state index contributed by atoms with van der Waals surface area (Å²) >= 11 is 0. The van der Waals surface area contributed by atoms with Gasteiger partial charge in [-0.2, -0.15) is 0 Å². The van der Waals surface area contributed by atoms with E-state index in [1.54, 1.807) is 4.90 Å². The quantitative estimate of drug-likeness (QED) is 0.841.